The molecule has 0 bridgehead atoms. The quantitative estimate of drug-likeness (QED) is 0.616. The van der Waals surface area contributed by atoms with Gasteiger partial charge < -0.3 is 25.2 Å². The van der Waals surface area contributed by atoms with Crippen LogP contribution in [0.5, 0.6) is 11.5 Å². The van der Waals surface area contributed by atoms with Crippen molar-refractivity contribution in [1.82, 2.24) is 0 Å². The average Bonchev–Trinajstić information content (AvgIpc) is 2.74. The van der Waals surface area contributed by atoms with Crippen LogP contribution in [0, 0.1) is 5.92 Å². The van der Waals surface area contributed by atoms with Crippen LogP contribution in [0.25, 0.3) is 0 Å². The minimum absolute atomic E-state index is 0.0324. The Bertz CT molecular complexity index is 976. The summed E-state index contributed by atoms with van der Waals surface area (Å²) in [4.78, 5) is 36.2. The van der Waals surface area contributed by atoms with Gasteiger partial charge in [-0.1, -0.05) is 25.4 Å². The Kier molecular flexibility index (Phi) is 7.66. The van der Waals surface area contributed by atoms with Crippen molar-refractivity contribution in [3.05, 3.63) is 46.5 Å². The monoisotopic (exact) mass is 434 g/mol. The van der Waals surface area contributed by atoms with Gasteiger partial charge in [-0.3, -0.25) is 9.59 Å². The second kappa shape index (κ2) is 9.98. The van der Waals surface area contributed by atoms with Crippen molar-refractivity contribution in [2.24, 2.45) is 5.92 Å². The lowest BCUT2D eigenvalue weighted by atomic mass is 9.92. The largest absolute Gasteiger partial charge is 0.493 e. The number of carboxylic acid groups (broad SMARTS) is 1. The molecule has 0 saturated carbocycles. The number of nitrogens with one attached hydrogen (secondary N) is 2. The highest BCUT2D eigenvalue weighted by Gasteiger charge is 2.33. The van der Waals surface area contributed by atoms with Gasteiger partial charge in [-0.15, -0.1) is 0 Å². The van der Waals surface area contributed by atoms with Crippen LogP contribution in [0.3, 0.4) is 0 Å². The van der Waals surface area contributed by atoms with Gasteiger partial charge in [0.25, 0.3) is 0 Å². The molecule has 1 aliphatic rings. The lowest BCUT2D eigenvalue weighted by molar-refractivity contribution is -0.129. The molecule has 160 valence electrons. The summed E-state index contributed by atoms with van der Waals surface area (Å²) in [7, 11) is 2.98. The topological polar surface area (TPSA) is 114 Å². The third-order valence-electron chi connectivity index (χ3n) is 4.40. The Hall–Kier alpha value is -3.26. The van der Waals surface area contributed by atoms with Gasteiger partial charge in [-0.2, -0.15) is 0 Å². The van der Waals surface area contributed by atoms with Crippen molar-refractivity contribution < 1.29 is 29.0 Å². The molecule has 3 rings (SSSR count). The number of rotatable bonds is 5. The maximum atomic E-state index is 12.7. The first-order chi connectivity index (χ1) is 14.3. The average molecular weight is 435 g/mol. The molecule has 3 N–H and O–H groups in total. The fourth-order valence-electron chi connectivity index (χ4n) is 2.92. The molecule has 2 amide bonds. The Morgan fingerprint density at radius 1 is 1.13 bits per heavy atom. The molecule has 0 aromatic heterocycles. The van der Waals surface area contributed by atoms with Crippen LogP contribution in [0.15, 0.2) is 30.3 Å². The summed E-state index contributed by atoms with van der Waals surface area (Å²) in [5.74, 6) is -2.31. The fraction of sp³-hybridized carbons (Fsp3) is 0.286. The zero-order chi connectivity index (χ0) is 22.4. The van der Waals surface area contributed by atoms with Crippen molar-refractivity contribution >= 4 is 40.8 Å². The number of benzene rings is 2. The van der Waals surface area contributed by atoms with Gasteiger partial charge in [0.2, 0.25) is 11.8 Å². The molecule has 1 aliphatic heterocycles. The van der Waals surface area contributed by atoms with Crippen LogP contribution in [0.4, 0.5) is 11.4 Å². The van der Waals surface area contributed by atoms with Crippen molar-refractivity contribution in [1.29, 1.82) is 0 Å². The van der Waals surface area contributed by atoms with E-state index in [-0.39, 0.29) is 22.7 Å². The molecule has 0 aliphatic carbocycles. The van der Waals surface area contributed by atoms with Crippen LogP contribution >= 0.6 is 11.6 Å². The molecular formula is C21H23ClN2O6. The summed E-state index contributed by atoms with van der Waals surface area (Å²) in [6, 6.07) is 7.27. The molecule has 1 atom stereocenters. The molecular weight excluding hydrogens is 412 g/mol. The highest BCUT2D eigenvalue weighted by atomic mass is 35.5. The Morgan fingerprint density at radius 3 is 2.37 bits per heavy atom. The molecule has 0 saturated heterocycles. The number of hydrogen-bond acceptors (Lipinski definition) is 5. The number of carbonyl (C=O) groups excluding carboxylic acids is 2. The molecule has 9 heteroatoms. The van der Waals surface area contributed by atoms with E-state index in [0.29, 0.717) is 22.7 Å². The van der Waals surface area contributed by atoms with Crippen molar-refractivity contribution in [3.63, 3.8) is 0 Å². The summed E-state index contributed by atoms with van der Waals surface area (Å²) in [6.07, 6.45) is 0.142. The van der Waals surface area contributed by atoms with Crippen LogP contribution in [-0.2, 0) is 16.0 Å². The lowest BCUT2D eigenvalue weighted by Gasteiger charge is -2.25. The molecule has 1 heterocycles. The van der Waals surface area contributed by atoms with Crippen LogP contribution < -0.4 is 20.1 Å². The Labute approximate surface area is 179 Å². The standard InChI is InChI=1S/C19H17ClN2O6.C2H6/c1-27-15-7-10-5-11(17(23)21-13(10)8-16(15)28-2)18(24)22-14-6-9(19(25)26)3-4-12(14)20;1-2/h3-4,6-8,11H,5H2,1-2H3,(H,21,23)(H,22,24)(H,25,26);1-2H3. The highest BCUT2D eigenvalue weighted by Crippen LogP contribution is 2.37. The fourth-order valence-corrected chi connectivity index (χ4v) is 3.09. The Morgan fingerprint density at radius 2 is 1.77 bits per heavy atom. The number of fused-ring (bicyclic) bond motifs is 1. The van der Waals surface area contributed by atoms with Gasteiger partial charge >= 0.3 is 5.97 Å². The summed E-state index contributed by atoms with van der Waals surface area (Å²) in [5, 5.41) is 14.5. The highest BCUT2D eigenvalue weighted by molar-refractivity contribution is 6.34. The first-order valence-corrected chi connectivity index (χ1v) is 9.61. The van der Waals surface area contributed by atoms with E-state index in [0.717, 1.165) is 0 Å². The van der Waals surface area contributed by atoms with E-state index in [2.05, 4.69) is 10.6 Å². The van der Waals surface area contributed by atoms with E-state index >= 15 is 0 Å². The first kappa shape index (κ1) is 23.0. The SMILES string of the molecule is CC.COc1cc2c(cc1OC)NC(=O)C(C(=O)Nc1cc(C(=O)O)ccc1Cl)C2. The zero-order valence-electron chi connectivity index (χ0n) is 17.0. The second-order valence-corrected chi connectivity index (χ2v) is 6.51. The first-order valence-electron chi connectivity index (χ1n) is 9.23. The predicted molar refractivity (Wildman–Crippen MR) is 114 cm³/mol. The van der Waals surface area contributed by atoms with Crippen LogP contribution in [0.1, 0.15) is 29.8 Å². The number of methoxy groups -OCH3 is 2. The van der Waals surface area contributed by atoms with Gasteiger partial charge in [-0.25, -0.2) is 4.79 Å². The lowest BCUT2D eigenvalue weighted by Crippen LogP contribution is -2.38. The van der Waals surface area contributed by atoms with Crippen molar-refractivity contribution in [2.75, 3.05) is 24.9 Å². The molecule has 2 aromatic rings. The molecule has 8 nitrogen and oxygen atoms in total. The number of carboxylic acids is 1. The minimum Gasteiger partial charge on any atom is -0.493 e. The smallest absolute Gasteiger partial charge is 0.335 e. The number of amides is 2. The van der Waals surface area contributed by atoms with Gasteiger partial charge in [-0.05, 0) is 36.2 Å². The zero-order valence-corrected chi connectivity index (χ0v) is 17.8. The van der Waals surface area contributed by atoms with E-state index in [1.54, 1.807) is 12.1 Å². The molecule has 0 spiro atoms. The van der Waals surface area contributed by atoms with Crippen LogP contribution in [0.2, 0.25) is 5.02 Å². The molecule has 0 fully saturated rings. The minimum atomic E-state index is -1.16. The summed E-state index contributed by atoms with van der Waals surface area (Å²) in [6.45, 7) is 4.00. The molecule has 1 unspecified atom stereocenters. The van der Waals surface area contributed by atoms with E-state index in [4.69, 9.17) is 26.2 Å². The normalized spacial score (nSPS) is 14.4. The number of ether oxygens (including phenoxy) is 2. The van der Waals surface area contributed by atoms with Crippen LogP contribution in [-0.4, -0.2) is 37.1 Å². The van der Waals surface area contributed by atoms with Gasteiger partial charge in [0, 0.05) is 11.8 Å². The molecule has 0 radical (unpaired) electrons. The number of aromatic carboxylic acids is 1. The number of carbonyl (C=O) groups is 3. The summed E-state index contributed by atoms with van der Waals surface area (Å²) in [5.41, 5.74) is 1.34. The number of anilines is 2. The van der Waals surface area contributed by atoms with Gasteiger partial charge in [0.05, 0.1) is 30.5 Å². The molecule has 30 heavy (non-hydrogen) atoms. The van der Waals surface area contributed by atoms with Crippen molar-refractivity contribution in [2.45, 2.75) is 20.3 Å². The summed E-state index contributed by atoms with van der Waals surface area (Å²) >= 11 is 6.04. The van der Waals surface area contributed by atoms with Gasteiger partial charge in [0.1, 0.15) is 5.92 Å². The predicted octanol–water partition coefficient (Wildman–Crippen LogP) is 3.83. The summed E-state index contributed by atoms with van der Waals surface area (Å²) < 4.78 is 10.5. The maximum Gasteiger partial charge on any atom is 0.335 e. The van der Waals surface area contributed by atoms with Gasteiger partial charge in [0.15, 0.2) is 11.5 Å². The third kappa shape index (κ3) is 4.83. The van der Waals surface area contributed by atoms with E-state index in [9.17, 15) is 14.4 Å². The third-order valence-corrected chi connectivity index (χ3v) is 4.73. The number of halogens is 1. The molecule has 2 aromatic carbocycles. The number of hydrogen-bond donors (Lipinski definition) is 3. The van der Waals surface area contributed by atoms with E-state index in [1.165, 1.54) is 32.4 Å². The maximum absolute atomic E-state index is 12.7. The van der Waals surface area contributed by atoms with E-state index < -0.39 is 23.7 Å². The van der Waals surface area contributed by atoms with E-state index in [1.807, 2.05) is 13.8 Å². The Balaban J connectivity index is 0.00000155. The second-order valence-electron chi connectivity index (χ2n) is 6.10. The van der Waals surface area contributed by atoms with Crippen molar-refractivity contribution in [3.8, 4) is 11.5 Å².